The maximum atomic E-state index is 9.64. The molecular formula is C10H18O2. The lowest BCUT2D eigenvalue weighted by Gasteiger charge is -2.31. The van der Waals surface area contributed by atoms with Crippen LogP contribution in [0.25, 0.3) is 0 Å². The molecular weight excluding hydrogens is 152 g/mol. The molecule has 2 nitrogen and oxygen atoms in total. The number of aliphatic hydroxyl groups is 2. The molecule has 0 unspecified atom stereocenters. The molecule has 2 N–H and O–H groups in total. The summed E-state index contributed by atoms with van der Waals surface area (Å²) < 4.78 is 0. The monoisotopic (exact) mass is 170 g/mol. The summed E-state index contributed by atoms with van der Waals surface area (Å²) in [6.45, 7) is 6.02. The molecule has 0 aliphatic heterocycles. The highest BCUT2D eigenvalue weighted by molar-refractivity contribution is 5.13. The topological polar surface area (TPSA) is 40.5 Å². The van der Waals surface area contributed by atoms with E-state index in [9.17, 15) is 10.2 Å². The second-order valence-corrected chi connectivity index (χ2v) is 4.06. The van der Waals surface area contributed by atoms with Crippen LogP contribution in [-0.2, 0) is 0 Å². The van der Waals surface area contributed by atoms with Crippen LogP contribution in [0.2, 0.25) is 0 Å². The largest absolute Gasteiger partial charge is 0.389 e. The molecule has 0 saturated carbocycles. The third-order valence-corrected chi connectivity index (χ3v) is 2.75. The summed E-state index contributed by atoms with van der Waals surface area (Å²) in [5.41, 5.74) is 0.902. The zero-order chi connectivity index (χ0) is 9.30. The van der Waals surface area contributed by atoms with Crippen LogP contribution in [0.5, 0.6) is 0 Å². The number of hydrogen-bond acceptors (Lipinski definition) is 2. The second-order valence-electron chi connectivity index (χ2n) is 4.06. The Bertz CT molecular complexity index is 184. The fourth-order valence-electron chi connectivity index (χ4n) is 1.75. The molecule has 1 rings (SSSR count). The Morgan fingerprint density at radius 1 is 1.42 bits per heavy atom. The third-order valence-electron chi connectivity index (χ3n) is 2.75. The standard InChI is InChI=1S/C10H18O2/c1-6(2)8-5-9(11)7(3)4-10(8)12/h4,6,8-12H,5H2,1-3H3/t8-,9+,10+/m1/s1. The minimum Gasteiger partial charge on any atom is -0.389 e. The predicted octanol–water partition coefficient (Wildman–Crippen LogP) is 1.33. The Hall–Kier alpha value is -0.340. The third kappa shape index (κ3) is 1.87. The molecule has 0 aromatic heterocycles. The molecule has 0 aromatic carbocycles. The van der Waals surface area contributed by atoms with Gasteiger partial charge in [-0.05, 0) is 30.8 Å². The fourth-order valence-corrected chi connectivity index (χ4v) is 1.75. The van der Waals surface area contributed by atoms with Crippen molar-refractivity contribution >= 4 is 0 Å². The van der Waals surface area contributed by atoms with Crippen molar-refractivity contribution in [1.29, 1.82) is 0 Å². The molecule has 0 amide bonds. The zero-order valence-corrected chi connectivity index (χ0v) is 7.99. The summed E-state index contributed by atoms with van der Waals surface area (Å²) >= 11 is 0. The van der Waals surface area contributed by atoms with Crippen molar-refractivity contribution in [2.24, 2.45) is 11.8 Å². The number of hydrogen-bond donors (Lipinski definition) is 2. The first-order valence-electron chi connectivity index (χ1n) is 4.56. The van der Waals surface area contributed by atoms with E-state index >= 15 is 0 Å². The van der Waals surface area contributed by atoms with Crippen molar-refractivity contribution in [2.75, 3.05) is 0 Å². The van der Waals surface area contributed by atoms with Crippen LogP contribution in [0.1, 0.15) is 27.2 Å². The van der Waals surface area contributed by atoms with Crippen LogP contribution in [0, 0.1) is 11.8 Å². The Kier molecular flexibility index (Phi) is 2.91. The molecule has 1 aliphatic rings. The molecule has 0 heterocycles. The van der Waals surface area contributed by atoms with E-state index < -0.39 is 0 Å². The van der Waals surface area contributed by atoms with Gasteiger partial charge in [0.1, 0.15) is 0 Å². The molecule has 1 aliphatic carbocycles. The summed E-state index contributed by atoms with van der Waals surface area (Å²) in [4.78, 5) is 0. The van der Waals surface area contributed by atoms with Gasteiger partial charge in [0, 0.05) is 0 Å². The van der Waals surface area contributed by atoms with Crippen molar-refractivity contribution in [2.45, 2.75) is 39.4 Å². The molecule has 70 valence electrons. The molecule has 0 saturated heterocycles. The Morgan fingerprint density at radius 3 is 2.50 bits per heavy atom. The molecule has 12 heavy (non-hydrogen) atoms. The average Bonchev–Trinajstić information content (AvgIpc) is 1.96. The molecule has 0 radical (unpaired) electrons. The van der Waals surface area contributed by atoms with E-state index in [2.05, 4.69) is 13.8 Å². The minimum atomic E-state index is -0.367. The minimum absolute atomic E-state index is 0.212. The van der Waals surface area contributed by atoms with Gasteiger partial charge in [-0.15, -0.1) is 0 Å². The Morgan fingerprint density at radius 2 is 2.00 bits per heavy atom. The summed E-state index contributed by atoms with van der Waals surface area (Å²) in [5.74, 6) is 0.641. The lowest BCUT2D eigenvalue weighted by Crippen LogP contribution is -2.33. The van der Waals surface area contributed by atoms with E-state index in [1.807, 2.05) is 6.92 Å². The van der Waals surface area contributed by atoms with Gasteiger partial charge in [0.2, 0.25) is 0 Å². The van der Waals surface area contributed by atoms with E-state index in [0.717, 1.165) is 5.57 Å². The van der Waals surface area contributed by atoms with Gasteiger partial charge >= 0.3 is 0 Å². The van der Waals surface area contributed by atoms with Gasteiger partial charge in [0.15, 0.2) is 0 Å². The Labute approximate surface area is 73.9 Å². The first-order chi connectivity index (χ1) is 5.52. The lowest BCUT2D eigenvalue weighted by molar-refractivity contribution is 0.0607. The van der Waals surface area contributed by atoms with Crippen LogP contribution < -0.4 is 0 Å². The van der Waals surface area contributed by atoms with E-state index in [4.69, 9.17) is 0 Å². The van der Waals surface area contributed by atoms with E-state index in [1.54, 1.807) is 6.08 Å². The fraction of sp³-hybridized carbons (Fsp3) is 0.800. The zero-order valence-electron chi connectivity index (χ0n) is 7.99. The van der Waals surface area contributed by atoms with Gasteiger partial charge in [-0.3, -0.25) is 0 Å². The first kappa shape index (κ1) is 9.75. The van der Waals surface area contributed by atoms with Gasteiger partial charge in [-0.1, -0.05) is 19.9 Å². The van der Waals surface area contributed by atoms with E-state index in [0.29, 0.717) is 12.3 Å². The van der Waals surface area contributed by atoms with Crippen LogP contribution in [-0.4, -0.2) is 22.4 Å². The van der Waals surface area contributed by atoms with Crippen LogP contribution >= 0.6 is 0 Å². The second kappa shape index (κ2) is 3.58. The van der Waals surface area contributed by atoms with Crippen molar-refractivity contribution in [3.8, 4) is 0 Å². The van der Waals surface area contributed by atoms with Crippen molar-refractivity contribution in [3.05, 3.63) is 11.6 Å². The molecule has 0 fully saturated rings. The predicted molar refractivity (Wildman–Crippen MR) is 48.7 cm³/mol. The quantitative estimate of drug-likeness (QED) is 0.583. The highest BCUT2D eigenvalue weighted by Crippen LogP contribution is 2.29. The average molecular weight is 170 g/mol. The summed E-state index contributed by atoms with van der Waals surface area (Å²) in [7, 11) is 0. The van der Waals surface area contributed by atoms with E-state index in [-0.39, 0.29) is 18.1 Å². The molecule has 3 atom stereocenters. The summed E-state index contributed by atoms with van der Waals surface area (Å²) in [5, 5.41) is 19.2. The van der Waals surface area contributed by atoms with Gasteiger partial charge in [-0.25, -0.2) is 0 Å². The van der Waals surface area contributed by atoms with Gasteiger partial charge in [0.05, 0.1) is 12.2 Å². The smallest absolute Gasteiger partial charge is 0.0756 e. The van der Waals surface area contributed by atoms with Crippen LogP contribution in [0.4, 0.5) is 0 Å². The van der Waals surface area contributed by atoms with Crippen molar-refractivity contribution in [1.82, 2.24) is 0 Å². The van der Waals surface area contributed by atoms with Gasteiger partial charge in [0.25, 0.3) is 0 Å². The highest BCUT2D eigenvalue weighted by Gasteiger charge is 2.28. The summed E-state index contributed by atoms with van der Waals surface area (Å²) in [6, 6.07) is 0. The molecule has 0 aromatic rings. The Balaban J connectivity index is 2.72. The van der Waals surface area contributed by atoms with Crippen LogP contribution in [0.3, 0.4) is 0 Å². The van der Waals surface area contributed by atoms with Crippen LogP contribution in [0.15, 0.2) is 11.6 Å². The van der Waals surface area contributed by atoms with E-state index in [1.165, 1.54) is 0 Å². The first-order valence-corrected chi connectivity index (χ1v) is 4.56. The van der Waals surface area contributed by atoms with Crippen molar-refractivity contribution < 1.29 is 10.2 Å². The number of aliphatic hydroxyl groups excluding tert-OH is 2. The normalized spacial score (nSPS) is 36.8. The SMILES string of the molecule is CC1=C[C@H](O)[C@@H](C(C)C)C[C@@H]1O. The molecule has 2 heteroatoms. The van der Waals surface area contributed by atoms with Gasteiger partial charge in [-0.2, -0.15) is 0 Å². The molecule has 0 spiro atoms. The highest BCUT2D eigenvalue weighted by atomic mass is 16.3. The molecule has 0 bridgehead atoms. The van der Waals surface area contributed by atoms with Gasteiger partial charge < -0.3 is 10.2 Å². The maximum absolute atomic E-state index is 9.64. The maximum Gasteiger partial charge on any atom is 0.0756 e. The lowest BCUT2D eigenvalue weighted by atomic mass is 9.79. The summed E-state index contributed by atoms with van der Waals surface area (Å²) in [6.07, 6.45) is 1.76. The number of rotatable bonds is 1. The van der Waals surface area contributed by atoms with Crippen molar-refractivity contribution in [3.63, 3.8) is 0 Å².